The number of ether oxygens (including phenoxy) is 1. The number of carbonyl (C=O) groups excluding carboxylic acids is 2. The fraction of sp³-hybridized carbons (Fsp3) is 0.800. The van der Waals surface area contributed by atoms with Gasteiger partial charge in [0.25, 0.3) is 0 Å². The lowest BCUT2D eigenvalue weighted by molar-refractivity contribution is -0.147. The van der Waals surface area contributed by atoms with Crippen molar-refractivity contribution in [1.82, 2.24) is 9.80 Å². The molecule has 2 heterocycles. The minimum atomic E-state index is -2.53. The van der Waals surface area contributed by atoms with Gasteiger partial charge in [0, 0.05) is 19.0 Å². The van der Waals surface area contributed by atoms with E-state index >= 15 is 0 Å². The van der Waals surface area contributed by atoms with E-state index in [1.807, 2.05) is 40.7 Å². The van der Waals surface area contributed by atoms with Crippen LogP contribution in [0.15, 0.2) is 12.2 Å². The molecule has 27 heavy (non-hydrogen) atoms. The Morgan fingerprint density at radius 3 is 2.44 bits per heavy atom. The molecule has 5 nitrogen and oxygen atoms in total. The number of amides is 2. The van der Waals surface area contributed by atoms with Crippen molar-refractivity contribution in [1.29, 1.82) is 0 Å². The summed E-state index contributed by atoms with van der Waals surface area (Å²) in [4.78, 5) is 29.3. The predicted molar refractivity (Wildman–Crippen MR) is 97.4 cm³/mol. The minimum absolute atomic E-state index is 0.112. The van der Waals surface area contributed by atoms with Crippen molar-refractivity contribution in [2.75, 3.05) is 6.54 Å². The van der Waals surface area contributed by atoms with Gasteiger partial charge < -0.3 is 14.5 Å². The van der Waals surface area contributed by atoms with Gasteiger partial charge in [0.15, 0.2) is 0 Å². The Labute approximate surface area is 159 Å². The number of alkyl halides is 2. The highest BCUT2D eigenvalue weighted by atomic mass is 19.3. The van der Waals surface area contributed by atoms with Gasteiger partial charge in [-0.3, -0.25) is 4.79 Å². The third kappa shape index (κ3) is 3.69. The molecule has 0 aromatic carbocycles. The lowest BCUT2D eigenvalue weighted by Crippen LogP contribution is -2.58. The number of likely N-dealkylation sites (tertiary alicyclic amines) is 2. The number of rotatable bonds is 3. The molecule has 0 spiro atoms. The van der Waals surface area contributed by atoms with E-state index in [4.69, 9.17) is 4.74 Å². The second-order valence-electron chi connectivity index (χ2n) is 9.33. The zero-order valence-electron chi connectivity index (χ0n) is 16.7. The molecule has 3 rings (SSSR count). The van der Waals surface area contributed by atoms with Crippen LogP contribution >= 0.6 is 0 Å². The van der Waals surface area contributed by atoms with Gasteiger partial charge in [-0.05, 0) is 46.5 Å². The molecule has 0 radical (unpaired) electrons. The van der Waals surface area contributed by atoms with Gasteiger partial charge in [0.2, 0.25) is 12.3 Å². The number of halogens is 2. The lowest BCUT2D eigenvalue weighted by Gasteiger charge is -2.43. The molecular weight excluding hydrogens is 354 g/mol. The van der Waals surface area contributed by atoms with Crippen LogP contribution in [0.4, 0.5) is 13.6 Å². The van der Waals surface area contributed by atoms with E-state index in [-0.39, 0.29) is 36.0 Å². The molecule has 7 heteroatoms. The first-order chi connectivity index (χ1) is 12.4. The maximum absolute atomic E-state index is 13.4. The zero-order chi connectivity index (χ0) is 20.1. The first-order valence-corrected chi connectivity index (χ1v) is 9.73. The van der Waals surface area contributed by atoms with Crippen molar-refractivity contribution < 1.29 is 23.1 Å². The van der Waals surface area contributed by atoms with Crippen LogP contribution < -0.4 is 0 Å². The number of nitrogens with zero attached hydrogens (tertiary/aromatic N) is 2. The Bertz CT molecular complexity index is 644. The van der Waals surface area contributed by atoms with Crippen LogP contribution in [0, 0.1) is 11.3 Å². The highest BCUT2D eigenvalue weighted by Crippen LogP contribution is 2.46. The summed E-state index contributed by atoms with van der Waals surface area (Å²) < 4.78 is 32.0. The van der Waals surface area contributed by atoms with Crippen LogP contribution in [-0.2, 0) is 9.53 Å². The maximum Gasteiger partial charge on any atom is 0.410 e. The fourth-order valence-corrected chi connectivity index (χ4v) is 4.89. The highest BCUT2D eigenvalue weighted by molar-refractivity contribution is 5.87. The van der Waals surface area contributed by atoms with Gasteiger partial charge in [-0.25, -0.2) is 13.6 Å². The average molecular weight is 384 g/mol. The van der Waals surface area contributed by atoms with Crippen LogP contribution in [0.3, 0.4) is 0 Å². The summed E-state index contributed by atoms with van der Waals surface area (Å²) in [7, 11) is 0. The molecule has 2 fully saturated rings. The van der Waals surface area contributed by atoms with Crippen LogP contribution in [0.1, 0.15) is 53.9 Å². The number of hydrogen-bond donors (Lipinski definition) is 0. The first-order valence-electron chi connectivity index (χ1n) is 9.73. The quantitative estimate of drug-likeness (QED) is 0.695. The summed E-state index contributed by atoms with van der Waals surface area (Å²) >= 11 is 0. The standard InChI is InChI=1S/C20H30F2N2O3/c1-12-6-7-20(9-12,10-16(21)22)17(25)24-13(2)15-8-14(24)11-23(15)18(26)27-19(3,4)5/h6-7,12-16H,8-11H2,1-5H3. The molecule has 3 aliphatic rings. The minimum Gasteiger partial charge on any atom is -0.444 e. The third-order valence-electron chi connectivity index (χ3n) is 5.95. The Balaban J connectivity index is 1.76. The normalized spacial score (nSPS) is 35.4. The molecule has 5 atom stereocenters. The van der Waals surface area contributed by atoms with E-state index < -0.39 is 23.9 Å². The van der Waals surface area contributed by atoms with E-state index in [1.165, 1.54) is 0 Å². The molecule has 2 saturated heterocycles. The van der Waals surface area contributed by atoms with E-state index in [2.05, 4.69) is 0 Å². The number of fused-ring (bicyclic) bond motifs is 2. The smallest absolute Gasteiger partial charge is 0.410 e. The monoisotopic (exact) mass is 384 g/mol. The van der Waals surface area contributed by atoms with Gasteiger partial charge in [0.1, 0.15) is 5.60 Å². The van der Waals surface area contributed by atoms with Crippen LogP contribution in [0.2, 0.25) is 0 Å². The summed E-state index contributed by atoms with van der Waals surface area (Å²) in [5.74, 6) is -0.103. The topological polar surface area (TPSA) is 49.9 Å². The molecule has 0 aromatic rings. The molecule has 0 aromatic heterocycles. The fourth-order valence-electron chi connectivity index (χ4n) is 4.89. The second kappa shape index (κ2) is 6.74. The predicted octanol–water partition coefficient (Wildman–Crippen LogP) is 3.83. The van der Waals surface area contributed by atoms with E-state index in [9.17, 15) is 18.4 Å². The molecule has 2 aliphatic heterocycles. The Morgan fingerprint density at radius 2 is 1.96 bits per heavy atom. The molecule has 2 amide bonds. The van der Waals surface area contributed by atoms with Crippen molar-refractivity contribution >= 4 is 12.0 Å². The number of piperazine rings is 1. The largest absolute Gasteiger partial charge is 0.444 e. The lowest BCUT2D eigenvalue weighted by atomic mass is 9.80. The number of allylic oxidation sites excluding steroid dienone is 1. The van der Waals surface area contributed by atoms with E-state index in [1.54, 1.807) is 15.9 Å². The van der Waals surface area contributed by atoms with Crippen molar-refractivity contribution in [2.45, 2.75) is 84.0 Å². The Morgan fingerprint density at radius 1 is 1.30 bits per heavy atom. The molecule has 2 bridgehead atoms. The van der Waals surface area contributed by atoms with Gasteiger partial charge in [0.05, 0.1) is 17.5 Å². The van der Waals surface area contributed by atoms with Gasteiger partial charge in [-0.2, -0.15) is 0 Å². The molecule has 5 unspecified atom stereocenters. The van der Waals surface area contributed by atoms with Gasteiger partial charge >= 0.3 is 6.09 Å². The van der Waals surface area contributed by atoms with Gasteiger partial charge in [-0.1, -0.05) is 19.1 Å². The van der Waals surface area contributed by atoms with Crippen LogP contribution in [0.25, 0.3) is 0 Å². The summed E-state index contributed by atoms with van der Waals surface area (Å²) in [6.07, 6.45) is 1.32. The highest BCUT2D eigenvalue weighted by Gasteiger charge is 2.56. The van der Waals surface area contributed by atoms with Crippen molar-refractivity contribution in [3.8, 4) is 0 Å². The van der Waals surface area contributed by atoms with E-state index in [0.717, 1.165) is 0 Å². The van der Waals surface area contributed by atoms with Crippen LogP contribution in [-0.4, -0.2) is 58.5 Å². The summed E-state index contributed by atoms with van der Waals surface area (Å²) in [5.41, 5.74) is -1.70. The van der Waals surface area contributed by atoms with E-state index in [0.29, 0.717) is 19.4 Å². The number of hydrogen-bond acceptors (Lipinski definition) is 3. The summed E-state index contributed by atoms with van der Waals surface area (Å²) in [5, 5.41) is 0. The third-order valence-corrected chi connectivity index (χ3v) is 5.95. The van der Waals surface area contributed by atoms with Crippen molar-refractivity contribution in [3.63, 3.8) is 0 Å². The SMILES string of the molecule is CC1C=CC(CC(F)F)(C(=O)N2C3CC(C2C)N(C(=O)OC(C)(C)C)C3)C1. The zero-order valence-corrected chi connectivity index (χ0v) is 16.7. The van der Waals surface area contributed by atoms with Crippen molar-refractivity contribution in [2.24, 2.45) is 11.3 Å². The molecule has 0 N–H and O–H groups in total. The first kappa shape index (κ1) is 20.1. The molecule has 1 aliphatic carbocycles. The second-order valence-corrected chi connectivity index (χ2v) is 9.33. The van der Waals surface area contributed by atoms with Crippen molar-refractivity contribution in [3.05, 3.63) is 12.2 Å². The Kier molecular flexibility index (Phi) is 5.02. The molecule has 152 valence electrons. The van der Waals surface area contributed by atoms with Crippen LogP contribution in [0.5, 0.6) is 0 Å². The summed E-state index contributed by atoms with van der Waals surface area (Å²) in [6, 6.07) is -0.466. The summed E-state index contributed by atoms with van der Waals surface area (Å²) in [6.45, 7) is 9.71. The Hall–Kier alpha value is -1.66. The molecule has 0 saturated carbocycles. The average Bonchev–Trinajstić information content (AvgIpc) is 3.18. The van der Waals surface area contributed by atoms with Gasteiger partial charge in [-0.15, -0.1) is 0 Å². The maximum atomic E-state index is 13.4. The number of carbonyl (C=O) groups is 2. The molecular formula is C20H30F2N2O3.